The van der Waals surface area contributed by atoms with E-state index in [0.717, 1.165) is 6.07 Å². The molecule has 0 aromatic heterocycles. The first-order valence-electron chi connectivity index (χ1n) is 7.60. The minimum Gasteiger partial charge on any atom is -0.507 e. The van der Waals surface area contributed by atoms with Crippen LogP contribution in [0, 0.1) is 11.3 Å². The molecule has 0 unspecified atom stereocenters. The van der Waals surface area contributed by atoms with E-state index in [0.29, 0.717) is 0 Å². The van der Waals surface area contributed by atoms with Crippen molar-refractivity contribution >= 4 is 23.3 Å². The number of ether oxygens (including phenoxy) is 1. The number of phenolic OH excluding ortho intramolecular Hbond substituents is 1. The van der Waals surface area contributed by atoms with Crippen molar-refractivity contribution in [3.8, 4) is 11.8 Å². The number of carbonyl (C=O) groups is 3. The lowest BCUT2D eigenvalue weighted by Crippen LogP contribution is -2.31. The number of hydrogen-bond acceptors (Lipinski definition) is 8. The summed E-state index contributed by atoms with van der Waals surface area (Å²) in [5.41, 5.74) is -0.0422. The second-order valence-electron chi connectivity index (χ2n) is 5.50. The van der Waals surface area contributed by atoms with Crippen LogP contribution in [0.1, 0.15) is 22.8 Å². The van der Waals surface area contributed by atoms with Gasteiger partial charge in [0.15, 0.2) is 5.78 Å². The van der Waals surface area contributed by atoms with Gasteiger partial charge in [0, 0.05) is 12.6 Å². The molecule has 0 saturated carbocycles. The number of amides is 1. The topological polar surface area (TPSA) is 140 Å². The first-order valence-corrected chi connectivity index (χ1v) is 7.60. The van der Waals surface area contributed by atoms with Crippen LogP contribution in [-0.2, 0) is 14.3 Å². The highest BCUT2D eigenvalue weighted by atomic mass is 16.5. The number of phenols is 1. The summed E-state index contributed by atoms with van der Waals surface area (Å²) in [4.78, 5) is 37.2. The molecule has 3 N–H and O–H groups in total. The maximum absolute atomic E-state index is 12.5. The molecule has 26 heavy (non-hydrogen) atoms. The first-order chi connectivity index (χ1) is 12.3. The van der Waals surface area contributed by atoms with Crippen LogP contribution >= 0.6 is 0 Å². The summed E-state index contributed by atoms with van der Waals surface area (Å²) < 4.78 is 4.67. The molecule has 9 nitrogen and oxygen atoms in total. The fourth-order valence-corrected chi connectivity index (χ4v) is 2.55. The van der Waals surface area contributed by atoms with Gasteiger partial charge in [-0.05, 0) is 13.0 Å². The van der Waals surface area contributed by atoms with Gasteiger partial charge in [0.1, 0.15) is 17.5 Å². The zero-order valence-electron chi connectivity index (χ0n) is 14.2. The molecule has 0 aliphatic carbocycles. The molecule has 0 radical (unpaired) electrons. The summed E-state index contributed by atoms with van der Waals surface area (Å²) in [7, 11) is 1.17. The van der Waals surface area contributed by atoms with Crippen LogP contribution in [0.25, 0.3) is 0 Å². The molecule has 1 aliphatic heterocycles. The van der Waals surface area contributed by atoms with Crippen LogP contribution < -0.4 is 5.32 Å². The number of aliphatic hydroxyl groups excluding tert-OH is 1. The zero-order valence-corrected chi connectivity index (χ0v) is 14.2. The standard InChI is InChI=1S/C17H17N3O6/c1-9(22)11-5-10(7-18)13(6-14(11)23)19-15-12(17(25)26-2)8-20(3-4-21)16(15)24/h5-6,19,21,23H,3-4,8H2,1-2H3. The number of rotatable bonds is 6. The molecule has 0 saturated heterocycles. The molecule has 1 heterocycles. The number of β-amino-alcohol motifs (C(OH)–C–C–N with tert-alkyl or cyclic N) is 1. The van der Waals surface area contributed by atoms with Crippen LogP contribution in [0.3, 0.4) is 0 Å². The Kier molecular flexibility index (Phi) is 5.59. The minimum atomic E-state index is -0.732. The Morgan fingerprint density at radius 2 is 2.12 bits per heavy atom. The fourth-order valence-electron chi connectivity index (χ4n) is 2.55. The number of hydrogen-bond donors (Lipinski definition) is 3. The van der Waals surface area contributed by atoms with Gasteiger partial charge in [0.2, 0.25) is 0 Å². The molecule has 0 spiro atoms. The monoisotopic (exact) mass is 359 g/mol. The Morgan fingerprint density at radius 3 is 2.65 bits per heavy atom. The van der Waals surface area contributed by atoms with E-state index in [9.17, 15) is 24.8 Å². The van der Waals surface area contributed by atoms with E-state index < -0.39 is 17.7 Å². The highest BCUT2D eigenvalue weighted by Gasteiger charge is 2.34. The smallest absolute Gasteiger partial charge is 0.337 e. The number of nitrogens with one attached hydrogen (secondary N) is 1. The van der Waals surface area contributed by atoms with Crippen molar-refractivity contribution in [1.82, 2.24) is 4.90 Å². The quantitative estimate of drug-likeness (QED) is 0.481. The Morgan fingerprint density at radius 1 is 1.42 bits per heavy atom. The molecule has 2 rings (SSSR count). The molecule has 1 aliphatic rings. The predicted octanol–water partition coefficient (Wildman–Crippen LogP) is 0.140. The van der Waals surface area contributed by atoms with Crippen molar-refractivity contribution in [1.29, 1.82) is 5.26 Å². The van der Waals surface area contributed by atoms with Crippen molar-refractivity contribution in [3.05, 3.63) is 34.5 Å². The molecule has 1 aromatic rings. The fraction of sp³-hybridized carbons (Fsp3) is 0.294. The Labute approximate surface area is 149 Å². The number of anilines is 1. The summed E-state index contributed by atoms with van der Waals surface area (Å²) >= 11 is 0. The maximum Gasteiger partial charge on any atom is 0.337 e. The van der Waals surface area contributed by atoms with Crippen molar-refractivity contribution < 1.29 is 29.3 Å². The lowest BCUT2D eigenvalue weighted by molar-refractivity contribution is -0.136. The molecule has 1 amide bonds. The molecule has 0 fully saturated rings. The van der Waals surface area contributed by atoms with Gasteiger partial charge in [-0.1, -0.05) is 0 Å². The molecule has 1 aromatic carbocycles. The molecule has 9 heteroatoms. The number of aromatic hydroxyl groups is 1. The van der Waals surface area contributed by atoms with Crippen molar-refractivity contribution in [2.24, 2.45) is 0 Å². The highest BCUT2D eigenvalue weighted by Crippen LogP contribution is 2.30. The zero-order chi connectivity index (χ0) is 19.4. The third kappa shape index (κ3) is 3.50. The summed E-state index contributed by atoms with van der Waals surface area (Å²) in [5, 5.41) is 31.0. The Bertz CT molecular complexity index is 853. The van der Waals surface area contributed by atoms with Gasteiger partial charge in [-0.3, -0.25) is 9.59 Å². The van der Waals surface area contributed by atoms with E-state index >= 15 is 0 Å². The highest BCUT2D eigenvalue weighted by molar-refractivity contribution is 6.09. The van der Waals surface area contributed by atoms with Crippen molar-refractivity contribution in [2.75, 3.05) is 32.1 Å². The number of Topliss-reactive ketones (excluding diaryl/α,β-unsaturated/α-hetero) is 1. The average molecular weight is 359 g/mol. The van der Waals surface area contributed by atoms with Crippen LogP contribution in [0.5, 0.6) is 5.75 Å². The van der Waals surface area contributed by atoms with E-state index in [2.05, 4.69) is 10.1 Å². The number of aliphatic hydroxyl groups is 1. The number of nitrogens with zero attached hydrogens (tertiary/aromatic N) is 2. The first kappa shape index (κ1) is 19.0. The summed E-state index contributed by atoms with van der Waals surface area (Å²) in [6, 6.07) is 4.21. The SMILES string of the molecule is COC(=O)C1=C(Nc2cc(O)c(C(C)=O)cc2C#N)C(=O)N(CCO)C1. The molecule has 0 bridgehead atoms. The van der Waals surface area contributed by atoms with Gasteiger partial charge in [-0.25, -0.2) is 4.79 Å². The second-order valence-corrected chi connectivity index (χ2v) is 5.50. The maximum atomic E-state index is 12.5. The van der Waals surface area contributed by atoms with Crippen LogP contribution in [0.4, 0.5) is 5.69 Å². The lowest BCUT2D eigenvalue weighted by Gasteiger charge is -2.15. The van der Waals surface area contributed by atoms with E-state index in [1.165, 1.54) is 25.0 Å². The third-order valence-electron chi connectivity index (χ3n) is 3.85. The molecule has 136 valence electrons. The largest absolute Gasteiger partial charge is 0.507 e. The molecule has 0 atom stereocenters. The average Bonchev–Trinajstić information content (AvgIpc) is 2.91. The van der Waals surface area contributed by atoms with Crippen LogP contribution in [0.15, 0.2) is 23.4 Å². The van der Waals surface area contributed by atoms with E-state index in [-0.39, 0.29) is 53.5 Å². The van der Waals surface area contributed by atoms with Crippen LogP contribution in [-0.4, -0.2) is 59.6 Å². The Balaban J connectivity index is 2.48. The Hall–Kier alpha value is -3.38. The van der Waals surface area contributed by atoms with E-state index in [4.69, 9.17) is 5.11 Å². The predicted molar refractivity (Wildman–Crippen MR) is 89.2 cm³/mol. The van der Waals surface area contributed by atoms with Gasteiger partial charge in [0.05, 0.1) is 42.6 Å². The van der Waals surface area contributed by atoms with Gasteiger partial charge < -0.3 is 25.2 Å². The van der Waals surface area contributed by atoms with E-state index in [1.54, 1.807) is 0 Å². The van der Waals surface area contributed by atoms with Crippen molar-refractivity contribution in [2.45, 2.75) is 6.92 Å². The van der Waals surface area contributed by atoms with Gasteiger partial charge in [0.25, 0.3) is 5.91 Å². The van der Waals surface area contributed by atoms with Gasteiger partial charge in [-0.2, -0.15) is 5.26 Å². The number of nitriles is 1. The summed E-state index contributed by atoms with van der Waals surface area (Å²) in [6.45, 7) is 0.914. The van der Waals surface area contributed by atoms with Gasteiger partial charge in [-0.15, -0.1) is 0 Å². The number of carbonyl (C=O) groups excluding carboxylic acids is 3. The minimum absolute atomic E-state index is 0.0122. The van der Waals surface area contributed by atoms with Gasteiger partial charge >= 0.3 is 5.97 Å². The third-order valence-corrected chi connectivity index (χ3v) is 3.85. The normalized spacial score (nSPS) is 13.6. The van der Waals surface area contributed by atoms with Crippen molar-refractivity contribution in [3.63, 3.8) is 0 Å². The van der Waals surface area contributed by atoms with Crippen LogP contribution in [0.2, 0.25) is 0 Å². The number of benzene rings is 1. The molecular formula is C17H17N3O6. The number of methoxy groups -OCH3 is 1. The number of esters is 1. The summed E-state index contributed by atoms with van der Waals surface area (Å²) in [6.07, 6.45) is 0. The molecular weight excluding hydrogens is 342 g/mol. The lowest BCUT2D eigenvalue weighted by atomic mass is 10.0. The second kappa shape index (κ2) is 7.67. The summed E-state index contributed by atoms with van der Waals surface area (Å²) in [5.74, 6) is -2.08. The number of ketones is 1. The van der Waals surface area contributed by atoms with E-state index in [1.807, 2.05) is 6.07 Å².